The third-order valence-electron chi connectivity index (χ3n) is 6.51. The van der Waals surface area contributed by atoms with Crippen LogP contribution in [0.1, 0.15) is 53.5 Å². The second-order valence-corrected chi connectivity index (χ2v) is 8.48. The lowest BCUT2D eigenvalue weighted by molar-refractivity contribution is 0.0583. The average Bonchev–Trinajstić information content (AvgIpc) is 3.25. The normalized spacial score (nSPS) is 24.8. The smallest absolute Gasteiger partial charge is 0.289 e. The van der Waals surface area contributed by atoms with Crippen molar-refractivity contribution in [2.24, 2.45) is 5.92 Å². The van der Waals surface area contributed by atoms with Crippen LogP contribution in [-0.2, 0) is 13.1 Å². The predicted octanol–water partition coefficient (Wildman–Crippen LogP) is 1.82. The Morgan fingerprint density at radius 1 is 1.14 bits per heavy atom. The molecule has 2 aromatic rings. The fraction of sp³-hybridized carbons (Fsp3) is 0.571. The van der Waals surface area contributed by atoms with Crippen LogP contribution in [0.5, 0.6) is 0 Å². The van der Waals surface area contributed by atoms with E-state index >= 15 is 0 Å². The number of nitrogens with zero attached hydrogens (tertiary/aromatic N) is 4. The number of imidazole rings is 1. The first-order valence-corrected chi connectivity index (χ1v) is 10.4. The maximum absolute atomic E-state index is 13.2. The summed E-state index contributed by atoms with van der Waals surface area (Å²) in [5.41, 5.74) is 2.17. The van der Waals surface area contributed by atoms with Crippen molar-refractivity contribution in [2.75, 3.05) is 26.2 Å². The van der Waals surface area contributed by atoms with E-state index < -0.39 is 0 Å². The molecule has 3 aliphatic rings. The van der Waals surface area contributed by atoms with Crippen LogP contribution in [0.25, 0.3) is 0 Å². The van der Waals surface area contributed by atoms with Crippen LogP contribution in [0.2, 0.25) is 0 Å². The molecule has 0 aromatic carbocycles. The van der Waals surface area contributed by atoms with Crippen molar-refractivity contribution in [3.63, 3.8) is 0 Å². The molecule has 5 rings (SSSR count). The summed E-state index contributed by atoms with van der Waals surface area (Å²) in [5, 5.41) is 0. The molecule has 2 bridgehead atoms. The van der Waals surface area contributed by atoms with Crippen molar-refractivity contribution in [1.29, 1.82) is 0 Å². The van der Waals surface area contributed by atoms with Gasteiger partial charge in [-0.05, 0) is 44.3 Å². The summed E-state index contributed by atoms with van der Waals surface area (Å²) >= 11 is 0. The number of likely N-dealkylation sites (tertiary alicyclic amines) is 2. The van der Waals surface area contributed by atoms with Crippen molar-refractivity contribution in [3.8, 4) is 0 Å². The van der Waals surface area contributed by atoms with E-state index in [2.05, 4.69) is 20.9 Å². The maximum atomic E-state index is 13.2. The van der Waals surface area contributed by atoms with Gasteiger partial charge in [-0.15, -0.1) is 0 Å². The van der Waals surface area contributed by atoms with Gasteiger partial charge in [-0.3, -0.25) is 14.5 Å². The minimum absolute atomic E-state index is 0.0442. The van der Waals surface area contributed by atoms with Gasteiger partial charge in [-0.1, -0.05) is 12.5 Å². The number of aromatic nitrogens is 3. The molecule has 2 fully saturated rings. The van der Waals surface area contributed by atoms with E-state index in [9.17, 15) is 9.59 Å². The van der Waals surface area contributed by atoms with Gasteiger partial charge in [-0.2, -0.15) is 0 Å². The molecule has 3 aliphatic heterocycles. The number of aromatic amines is 1. The molecule has 1 amide bonds. The van der Waals surface area contributed by atoms with Gasteiger partial charge in [-0.25, -0.2) is 4.98 Å². The fourth-order valence-corrected chi connectivity index (χ4v) is 5.17. The number of H-pyrrole nitrogens is 1. The summed E-state index contributed by atoms with van der Waals surface area (Å²) in [6, 6.07) is 4.15. The summed E-state index contributed by atoms with van der Waals surface area (Å²) in [7, 11) is 0. The molecule has 2 aromatic heterocycles. The van der Waals surface area contributed by atoms with Gasteiger partial charge in [0, 0.05) is 55.7 Å². The molecule has 0 unspecified atom stereocenters. The largest absolute Gasteiger partial charge is 0.341 e. The topological polar surface area (TPSA) is 74.2 Å². The van der Waals surface area contributed by atoms with Gasteiger partial charge < -0.3 is 14.5 Å². The van der Waals surface area contributed by atoms with E-state index in [1.165, 1.54) is 19.3 Å². The molecule has 1 N–H and O–H groups in total. The fourth-order valence-electron chi connectivity index (χ4n) is 5.17. The summed E-state index contributed by atoms with van der Waals surface area (Å²) in [4.78, 5) is 37.2. The number of rotatable bonds is 3. The third kappa shape index (κ3) is 3.17. The van der Waals surface area contributed by atoms with Crippen molar-refractivity contribution >= 4 is 5.91 Å². The number of pyridine rings is 1. The molecular weight excluding hydrogens is 354 g/mol. The Bertz CT molecular complexity index is 913. The lowest BCUT2D eigenvalue weighted by atomic mass is 9.83. The minimum atomic E-state index is -0.0442. The minimum Gasteiger partial charge on any atom is -0.341 e. The second-order valence-electron chi connectivity index (χ2n) is 8.48. The van der Waals surface area contributed by atoms with Gasteiger partial charge in [0.2, 0.25) is 0 Å². The number of carbonyl (C=O) groups excluding carboxylic acids is 1. The highest BCUT2D eigenvalue weighted by Crippen LogP contribution is 2.35. The molecule has 7 nitrogen and oxygen atoms in total. The Kier molecular flexibility index (Phi) is 4.55. The summed E-state index contributed by atoms with van der Waals surface area (Å²) in [6.45, 7) is 5.00. The standard InChI is InChI=1S/C21H27N5O2/c27-20-16(13-24-8-2-1-3-9-24)4-5-18-17-10-15(12-26(18)20)11-25(14-17)21(28)19-22-6-7-23-19/h4-7,15,17H,1-3,8-14H2,(H,22,23)/t15-,17+/m0/s1. The van der Waals surface area contributed by atoms with E-state index in [1.807, 2.05) is 15.5 Å². The summed E-state index contributed by atoms with van der Waals surface area (Å²) < 4.78 is 1.99. The Morgan fingerprint density at radius 3 is 2.79 bits per heavy atom. The first kappa shape index (κ1) is 17.7. The second kappa shape index (κ2) is 7.20. The Hall–Kier alpha value is -2.41. The van der Waals surface area contributed by atoms with E-state index in [0.717, 1.165) is 37.3 Å². The Balaban J connectivity index is 1.38. The first-order valence-electron chi connectivity index (χ1n) is 10.4. The van der Waals surface area contributed by atoms with E-state index in [-0.39, 0.29) is 17.4 Å². The molecule has 0 aliphatic carbocycles. The van der Waals surface area contributed by atoms with Gasteiger partial charge in [0.1, 0.15) is 0 Å². The highest BCUT2D eigenvalue weighted by molar-refractivity contribution is 5.90. The number of fused-ring (bicyclic) bond motifs is 4. The molecule has 0 radical (unpaired) electrons. The maximum Gasteiger partial charge on any atom is 0.289 e. The van der Waals surface area contributed by atoms with Crippen molar-refractivity contribution < 1.29 is 4.79 Å². The highest BCUT2D eigenvalue weighted by atomic mass is 16.2. The quantitative estimate of drug-likeness (QED) is 0.880. The predicted molar refractivity (Wildman–Crippen MR) is 105 cm³/mol. The number of nitrogens with one attached hydrogen (secondary N) is 1. The molecule has 148 valence electrons. The van der Waals surface area contributed by atoms with Crippen molar-refractivity contribution in [1.82, 2.24) is 24.3 Å². The number of piperidine rings is 2. The van der Waals surface area contributed by atoms with E-state index in [1.54, 1.807) is 12.4 Å². The number of hydrogen-bond acceptors (Lipinski definition) is 4. The number of hydrogen-bond donors (Lipinski definition) is 1. The Labute approximate surface area is 164 Å². The lowest BCUT2D eigenvalue weighted by Gasteiger charge is -2.42. The van der Waals surface area contributed by atoms with Crippen LogP contribution in [-0.4, -0.2) is 56.4 Å². The average molecular weight is 381 g/mol. The van der Waals surface area contributed by atoms with Gasteiger partial charge in [0.25, 0.3) is 11.5 Å². The van der Waals surface area contributed by atoms with Crippen LogP contribution in [0.4, 0.5) is 0 Å². The Morgan fingerprint density at radius 2 is 2.00 bits per heavy atom. The van der Waals surface area contributed by atoms with Crippen molar-refractivity contribution in [2.45, 2.75) is 44.7 Å². The SMILES string of the molecule is O=C(c1ncc[nH]1)N1C[C@@H]2C[C@H](C1)c1ccc(CN3CCCCC3)c(=O)n1C2. The summed E-state index contributed by atoms with van der Waals surface area (Å²) in [6.07, 6.45) is 8.10. The zero-order valence-corrected chi connectivity index (χ0v) is 16.1. The highest BCUT2D eigenvalue weighted by Gasteiger charge is 2.37. The van der Waals surface area contributed by atoms with Crippen LogP contribution >= 0.6 is 0 Å². The number of amides is 1. The van der Waals surface area contributed by atoms with Gasteiger partial charge >= 0.3 is 0 Å². The van der Waals surface area contributed by atoms with Gasteiger partial charge in [0.15, 0.2) is 5.82 Å². The monoisotopic (exact) mass is 381 g/mol. The van der Waals surface area contributed by atoms with Crippen LogP contribution in [0.3, 0.4) is 0 Å². The molecule has 0 saturated carbocycles. The van der Waals surface area contributed by atoms with Crippen LogP contribution in [0.15, 0.2) is 29.3 Å². The first-order chi connectivity index (χ1) is 13.7. The molecule has 7 heteroatoms. The third-order valence-corrected chi connectivity index (χ3v) is 6.51. The van der Waals surface area contributed by atoms with Gasteiger partial charge in [0.05, 0.1) is 0 Å². The summed E-state index contributed by atoms with van der Waals surface area (Å²) in [5.74, 6) is 0.905. The van der Waals surface area contributed by atoms with Crippen LogP contribution in [0, 0.1) is 5.92 Å². The molecule has 5 heterocycles. The lowest BCUT2D eigenvalue weighted by Crippen LogP contribution is -2.49. The van der Waals surface area contributed by atoms with E-state index in [4.69, 9.17) is 0 Å². The van der Waals surface area contributed by atoms with E-state index in [0.29, 0.717) is 31.4 Å². The molecule has 0 spiro atoms. The molecule has 2 atom stereocenters. The van der Waals surface area contributed by atoms with Crippen molar-refractivity contribution in [3.05, 3.63) is 52.0 Å². The number of carbonyl (C=O) groups is 1. The zero-order valence-electron chi connectivity index (χ0n) is 16.1. The molecular formula is C21H27N5O2. The molecule has 2 saturated heterocycles. The van der Waals surface area contributed by atoms with Crippen LogP contribution < -0.4 is 5.56 Å². The molecule has 28 heavy (non-hydrogen) atoms. The zero-order chi connectivity index (χ0) is 19.1.